The van der Waals surface area contributed by atoms with E-state index in [1.165, 1.54) is 0 Å². The fraction of sp³-hybridized carbons (Fsp3) is 0.333. The van der Waals surface area contributed by atoms with Gasteiger partial charge in [-0.1, -0.05) is 48.5 Å². The van der Waals surface area contributed by atoms with Crippen molar-refractivity contribution in [2.75, 3.05) is 32.3 Å². The van der Waals surface area contributed by atoms with E-state index in [9.17, 15) is 9.59 Å². The summed E-state index contributed by atoms with van der Waals surface area (Å²) in [5, 5.41) is 3.05. The van der Waals surface area contributed by atoms with Crippen LogP contribution in [-0.2, 0) is 4.79 Å². The Morgan fingerprint density at radius 1 is 1.11 bits per heavy atom. The van der Waals surface area contributed by atoms with Gasteiger partial charge in [0.15, 0.2) is 0 Å². The van der Waals surface area contributed by atoms with Gasteiger partial charge in [0.05, 0.1) is 11.9 Å². The molecule has 1 saturated heterocycles. The highest BCUT2D eigenvalue weighted by molar-refractivity contribution is 7.99. The van der Waals surface area contributed by atoms with Gasteiger partial charge >= 0.3 is 0 Å². The Labute approximate surface area is 164 Å². The first-order valence-corrected chi connectivity index (χ1v) is 10.2. The second-order valence-electron chi connectivity index (χ2n) is 6.79. The van der Waals surface area contributed by atoms with Gasteiger partial charge in [-0.05, 0) is 31.8 Å². The molecule has 2 atom stereocenters. The van der Waals surface area contributed by atoms with Crippen LogP contribution in [0.2, 0.25) is 0 Å². The highest BCUT2D eigenvalue weighted by atomic mass is 32.2. The van der Waals surface area contributed by atoms with Crippen LogP contribution in [-0.4, -0.2) is 59.9 Å². The molecule has 5 nitrogen and oxygen atoms in total. The third kappa shape index (κ3) is 4.70. The number of thioether (sulfide) groups is 1. The van der Waals surface area contributed by atoms with Gasteiger partial charge in [-0.2, -0.15) is 0 Å². The van der Waals surface area contributed by atoms with E-state index < -0.39 is 6.04 Å². The quantitative estimate of drug-likeness (QED) is 0.833. The van der Waals surface area contributed by atoms with Gasteiger partial charge in [-0.3, -0.25) is 9.59 Å². The largest absolute Gasteiger partial charge is 0.352 e. The normalized spacial score (nSPS) is 17.7. The number of carbonyl (C=O) groups is 2. The molecule has 2 amide bonds. The molecule has 2 aromatic rings. The van der Waals surface area contributed by atoms with Crippen LogP contribution in [0.4, 0.5) is 0 Å². The van der Waals surface area contributed by atoms with Crippen LogP contribution in [0.15, 0.2) is 60.7 Å². The molecule has 0 aromatic heterocycles. The van der Waals surface area contributed by atoms with Gasteiger partial charge in [0.1, 0.15) is 6.04 Å². The summed E-state index contributed by atoms with van der Waals surface area (Å²) in [6.45, 7) is 0.504. The predicted octanol–water partition coefficient (Wildman–Crippen LogP) is 2.62. The molecule has 0 saturated carbocycles. The van der Waals surface area contributed by atoms with Gasteiger partial charge in [0, 0.05) is 17.9 Å². The Hall–Kier alpha value is -2.31. The molecular weight excluding hydrogens is 358 g/mol. The van der Waals surface area contributed by atoms with E-state index in [0.717, 1.165) is 5.56 Å². The molecule has 2 aromatic carbocycles. The van der Waals surface area contributed by atoms with Crippen molar-refractivity contribution >= 4 is 23.6 Å². The minimum atomic E-state index is -0.429. The van der Waals surface area contributed by atoms with Crippen LogP contribution in [0.5, 0.6) is 0 Å². The van der Waals surface area contributed by atoms with Gasteiger partial charge in [-0.15, -0.1) is 11.8 Å². The van der Waals surface area contributed by atoms with E-state index in [-0.39, 0.29) is 17.9 Å². The number of amides is 2. The zero-order valence-electron chi connectivity index (χ0n) is 15.7. The molecule has 142 valence electrons. The lowest BCUT2D eigenvalue weighted by Gasteiger charge is -2.27. The van der Waals surface area contributed by atoms with E-state index in [2.05, 4.69) is 22.3 Å². The first-order chi connectivity index (χ1) is 13.1. The summed E-state index contributed by atoms with van der Waals surface area (Å²) in [5.74, 6) is 0.990. The lowest BCUT2D eigenvalue weighted by molar-refractivity contribution is -0.124. The van der Waals surface area contributed by atoms with E-state index in [1.54, 1.807) is 28.8 Å². The molecule has 27 heavy (non-hydrogen) atoms. The minimum Gasteiger partial charge on any atom is -0.352 e. The molecule has 1 fully saturated rings. The van der Waals surface area contributed by atoms with Crippen molar-refractivity contribution in [3.63, 3.8) is 0 Å². The molecule has 1 heterocycles. The summed E-state index contributed by atoms with van der Waals surface area (Å²) >= 11 is 1.61. The van der Waals surface area contributed by atoms with Crippen molar-refractivity contribution in [3.8, 4) is 0 Å². The smallest absolute Gasteiger partial charge is 0.255 e. The van der Waals surface area contributed by atoms with E-state index in [0.29, 0.717) is 23.7 Å². The molecule has 6 heteroatoms. The van der Waals surface area contributed by atoms with Gasteiger partial charge in [0.2, 0.25) is 5.91 Å². The summed E-state index contributed by atoms with van der Waals surface area (Å²) in [4.78, 5) is 29.3. The first-order valence-electron chi connectivity index (χ1n) is 9.01. The number of hydrogen-bond acceptors (Lipinski definition) is 4. The van der Waals surface area contributed by atoms with Gasteiger partial charge in [-0.25, -0.2) is 0 Å². The third-order valence-corrected chi connectivity index (χ3v) is 5.76. The maximum atomic E-state index is 12.8. The molecule has 3 rings (SSSR count). The van der Waals surface area contributed by atoms with Crippen molar-refractivity contribution in [2.45, 2.75) is 12.1 Å². The predicted molar refractivity (Wildman–Crippen MR) is 110 cm³/mol. The molecule has 2 unspecified atom stereocenters. The fourth-order valence-electron chi connectivity index (χ4n) is 3.20. The molecule has 1 aliphatic heterocycles. The third-order valence-electron chi connectivity index (χ3n) is 4.74. The lowest BCUT2D eigenvalue weighted by Crippen LogP contribution is -2.48. The SMILES string of the molecule is CN(C)C(CNC(=O)C1CSCN1C(=O)c1ccccc1)c1ccccc1. The Morgan fingerprint density at radius 2 is 1.74 bits per heavy atom. The molecule has 1 N–H and O–H groups in total. The molecule has 0 aliphatic carbocycles. The van der Waals surface area contributed by atoms with Crippen molar-refractivity contribution < 1.29 is 9.59 Å². The molecular formula is C21H25N3O2S. The number of rotatable bonds is 6. The highest BCUT2D eigenvalue weighted by Crippen LogP contribution is 2.24. The molecule has 1 aliphatic rings. The average Bonchev–Trinajstić information content (AvgIpc) is 3.18. The Kier molecular flexibility index (Phi) is 6.53. The van der Waals surface area contributed by atoms with Crippen molar-refractivity contribution in [1.82, 2.24) is 15.1 Å². The second-order valence-corrected chi connectivity index (χ2v) is 7.79. The number of nitrogens with one attached hydrogen (secondary N) is 1. The van der Waals surface area contributed by atoms with Gasteiger partial charge in [0.25, 0.3) is 5.91 Å². The number of hydrogen-bond donors (Lipinski definition) is 1. The Morgan fingerprint density at radius 3 is 2.37 bits per heavy atom. The average molecular weight is 384 g/mol. The summed E-state index contributed by atoms with van der Waals surface area (Å²) in [6, 6.07) is 18.9. The van der Waals surface area contributed by atoms with Crippen molar-refractivity contribution in [3.05, 3.63) is 71.8 Å². The van der Waals surface area contributed by atoms with Crippen LogP contribution < -0.4 is 5.32 Å². The monoisotopic (exact) mass is 383 g/mol. The van der Waals surface area contributed by atoms with Crippen LogP contribution >= 0.6 is 11.8 Å². The highest BCUT2D eigenvalue weighted by Gasteiger charge is 2.35. The van der Waals surface area contributed by atoms with Gasteiger partial charge < -0.3 is 15.1 Å². The van der Waals surface area contributed by atoms with Crippen LogP contribution in [0, 0.1) is 0 Å². The summed E-state index contributed by atoms with van der Waals surface area (Å²) in [5.41, 5.74) is 1.77. The standard InChI is InChI=1S/C21H25N3O2S/c1-23(2)18(16-9-5-3-6-10-16)13-22-20(25)19-14-27-15-24(19)21(26)17-11-7-4-8-12-17/h3-12,18-19H,13-15H2,1-2H3,(H,22,25). The van der Waals surface area contributed by atoms with Crippen LogP contribution in [0.25, 0.3) is 0 Å². The van der Waals surface area contributed by atoms with Crippen molar-refractivity contribution in [1.29, 1.82) is 0 Å². The Balaban J connectivity index is 1.65. The number of carbonyl (C=O) groups excluding carboxylic acids is 2. The fourth-order valence-corrected chi connectivity index (χ4v) is 4.35. The lowest BCUT2D eigenvalue weighted by atomic mass is 10.1. The number of benzene rings is 2. The maximum Gasteiger partial charge on any atom is 0.255 e. The number of nitrogens with zero attached hydrogens (tertiary/aromatic N) is 2. The minimum absolute atomic E-state index is 0.0856. The maximum absolute atomic E-state index is 12.8. The first kappa shape index (κ1) is 19.5. The zero-order valence-corrected chi connectivity index (χ0v) is 16.5. The van der Waals surface area contributed by atoms with Crippen LogP contribution in [0.3, 0.4) is 0 Å². The summed E-state index contributed by atoms with van der Waals surface area (Å²) < 4.78 is 0. The van der Waals surface area contributed by atoms with Crippen LogP contribution in [0.1, 0.15) is 22.0 Å². The molecule has 0 bridgehead atoms. The number of likely N-dealkylation sites (N-methyl/N-ethyl adjacent to an activating group) is 1. The second kappa shape index (κ2) is 9.06. The van der Waals surface area contributed by atoms with E-state index >= 15 is 0 Å². The zero-order chi connectivity index (χ0) is 19.2. The van der Waals surface area contributed by atoms with E-state index in [1.807, 2.05) is 50.5 Å². The Bertz CT molecular complexity index is 768. The summed E-state index contributed by atoms with van der Waals surface area (Å²) in [7, 11) is 4.00. The summed E-state index contributed by atoms with van der Waals surface area (Å²) in [6.07, 6.45) is 0. The van der Waals surface area contributed by atoms with Crippen molar-refractivity contribution in [2.24, 2.45) is 0 Å². The van der Waals surface area contributed by atoms with E-state index in [4.69, 9.17) is 0 Å². The molecule has 0 spiro atoms. The molecule has 0 radical (unpaired) electrons. The topological polar surface area (TPSA) is 52.7 Å².